The zero-order valence-corrected chi connectivity index (χ0v) is 15.6. The lowest BCUT2D eigenvalue weighted by atomic mass is 10.2. The molecule has 0 atom stereocenters. The number of fused-ring (bicyclic) bond motifs is 1. The summed E-state index contributed by atoms with van der Waals surface area (Å²) in [5.74, 6) is -0.677. The van der Waals surface area contributed by atoms with Gasteiger partial charge in [-0.3, -0.25) is 4.79 Å². The van der Waals surface area contributed by atoms with E-state index < -0.39 is 0 Å². The van der Waals surface area contributed by atoms with E-state index >= 15 is 0 Å². The Morgan fingerprint density at radius 3 is 2.56 bits per heavy atom. The molecule has 3 aromatic rings. The molecule has 0 radical (unpaired) electrons. The SMILES string of the molecule is CCOC(=O)c1ccc(NC(=O)c2nc3ccccn3c2CN(C)C)cc1. The first-order valence-corrected chi connectivity index (χ1v) is 8.69. The van der Waals surface area contributed by atoms with Gasteiger partial charge in [0, 0.05) is 18.4 Å². The van der Waals surface area contributed by atoms with Crippen molar-refractivity contribution in [2.45, 2.75) is 13.5 Å². The van der Waals surface area contributed by atoms with Crippen LogP contribution in [0.4, 0.5) is 5.69 Å². The normalized spacial score (nSPS) is 11.0. The van der Waals surface area contributed by atoms with Gasteiger partial charge in [0.1, 0.15) is 5.65 Å². The fourth-order valence-corrected chi connectivity index (χ4v) is 2.77. The molecule has 0 saturated carbocycles. The van der Waals surface area contributed by atoms with E-state index in [4.69, 9.17) is 4.74 Å². The average molecular weight is 366 g/mol. The van der Waals surface area contributed by atoms with Gasteiger partial charge in [0.25, 0.3) is 5.91 Å². The number of amides is 1. The zero-order valence-electron chi connectivity index (χ0n) is 15.6. The van der Waals surface area contributed by atoms with Crippen LogP contribution in [0.3, 0.4) is 0 Å². The summed E-state index contributed by atoms with van der Waals surface area (Å²) >= 11 is 0. The molecule has 1 aromatic carbocycles. The minimum absolute atomic E-state index is 0.292. The van der Waals surface area contributed by atoms with E-state index in [2.05, 4.69) is 10.3 Å². The molecule has 2 aromatic heterocycles. The third-order valence-corrected chi connectivity index (χ3v) is 3.96. The highest BCUT2D eigenvalue weighted by Gasteiger charge is 2.19. The van der Waals surface area contributed by atoms with Gasteiger partial charge in [-0.1, -0.05) is 6.07 Å². The summed E-state index contributed by atoms with van der Waals surface area (Å²) in [4.78, 5) is 31.0. The van der Waals surface area contributed by atoms with Crippen molar-refractivity contribution in [1.29, 1.82) is 0 Å². The summed E-state index contributed by atoms with van der Waals surface area (Å²) in [6.45, 7) is 2.66. The monoisotopic (exact) mass is 366 g/mol. The predicted octanol–water partition coefficient (Wildman–Crippen LogP) is 2.82. The molecule has 0 unspecified atom stereocenters. The summed E-state index contributed by atoms with van der Waals surface area (Å²) in [6.07, 6.45) is 1.89. The Balaban J connectivity index is 1.85. The van der Waals surface area contributed by atoms with Gasteiger partial charge in [0.2, 0.25) is 0 Å². The molecule has 7 nitrogen and oxygen atoms in total. The van der Waals surface area contributed by atoms with Crippen LogP contribution in [0.2, 0.25) is 0 Å². The molecule has 0 aliphatic rings. The van der Waals surface area contributed by atoms with Gasteiger partial charge in [0.15, 0.2) is 5.69 Å². The standard InChI is InChI=1S/C20H22N4O3/c1-4-27-20(26)14-8-10-15(11-9-14)21-19(25)18-16(13-23(2)3)24-12-6-5-7-17(24)22-18/h5-12H,4,13H2,1-3H3,(H,21,25). The Labute approximate surface area is 157 Å². The largest absolute Gasteiger partial charge is 0.462 e. The zero-order chi connectivity index (χ0) is 19.4. The van der Waals surface area contributed by atoms with Crippen LogP contribution in [-0.2, 0) is 11.3 Å². The summed E-state index contributed by atoms with van der Waals surface area (Å²) in [5, 5.41) is 2.85. The minimum Gasteiger partial charge on any atom is -0.462 e. The van der Waals surface area contributed by atoms with Crippen LogP contribution >= 0.6 is 0 Å². The number of hydrogen-bond donors (Lipinski definition) is 1. The fraction of sp³-hybridized carbons (Fsp3) is 0.250. The molecule has 0 spiro atoms. The second-order valence-electron chi connectivity index (χ2n) is 6.33. The van der Waals surface area contributed by atoms with Gasteiger partial charge >= 0.3 is 5.97 Å². The number of carbonyl (C=O) groups is 2. The molecule has 0 saturated heterocycles. The van der Waals surface area contributed by atoms with Crippen molar-refractivity contribution in [3.63, 3.8) is 0 Å². The number of benzene rings is 1. The molecular weight excluding hydrogens is 344 g/mol. The van der Waals surface area contributed by atoms with Crippen LogP contribution in [-0.4, -0.2) is 46.9 Å². The maximum atomic E-state index is 12.8. The number of nitrogens with one attached hydrogen (secondary N) is 1. The smallest absolute Gasteiger partial charge is 0.338 e. The summed E-state index contributed by atoms with van der Waals surface area (Å²) < 4.78 is 6.88. The maximum absolute atomic E-state index is 12.8. The van der Waals surface area contributed by atoms with Gasteiger partial charge in [-0.25, -0.2) is 9.78 Å². The average Bonchev–Trinajstić information content (AvgIpc) is 3.01. The molecular formula is C20H22N4O3. The predicted molar refractivity (Wildman–Crippen MR) is 103 cm³/mol. The van der Waals surface area contributed by atoms with Crippen LogP contribution < -0.4 is 5.32 Å². The van der Waals surface area contributed by atoms with Gasteiger partial charge < -0.3 is 19.4 Å². The Hall–Kier alpha value is -3.19. The van der Waals surface area contributed by atoms with Gasteiger partial charge in [0.05, 0.1) is 17.9 Å². The van der Waals surface area contributed by atoms with Gasteiger partial charge in [-0.05, 0) is 57.4 Å². The number of rotatable bonds is 6. The topological polar surface area (TPSA) is 75.9 Å². The Kier molecular flexibility index (Phi) is 5.52. The first kappa shape index (κ1) is 18.6. The highest BCUT2D eigenvalue weighted by atomic mass is 16.5. The van der Waals surface area contributed by atoms with Crippen LogP contribution in [0.5, 0.6) is 0 Å². The molecule has 7 heteroatoms. The molecule has 0 aliphatic heterocycles. The van der Waals surface area contributed by atoms with Crippen molar-refractivity contribution in [3.05, 3.63) is 65.6 Å². The molecule has 1 amide bonds. The van der Waals surface area contributed by atoms with Gasteiger partial charge in [-0.2, -0.15) is 0 Å². The third-order valence-electron chi connectivity index (χ3n) is 3.96. The van der Waals surface area contributed by atoms with E-state index in [-0.39, 0.29) is 11.9 Å². The first-order valence-electron chi connectivity index (χ1n) is 8.69. The lowest BCUT2D eigenvalue weighted by Crippen LogP contribution is -2.19. The summed E-state index contributed by atoms with van der Waals surface area (Å²) in [6, 6.07) is 12.2. The van der Waals surface area contributed by atoms with E-state index in [1.807, 2.05) is 47.8 Å². The number of nitrogens with zero attached hydrogens (tertiary/aromatic N) is 3. The molecule has 3 rings (SSSR count). The number of carbonyl (C=O) groups excluding carboxylic acids is 2. The lowest BCUT2D eigenvalue weighted by Gasteiger charge is -2.11. The Morgan fingerprint density at radius 2 is 1.89 bits per heavy atom. The van der Waals surface area contributed by atoms with Crippen LogP contribution in [0.15, 0.2) is 48.7 Å². The quantitative estimate of drug-likeness (QED) is 0.679. The summed E-state index contributed by atoms with van der Waals surface area (Å²) in [5.41, 5.74) is 2.94. The molecule has 2 heterocycles. The Morgan fingerprint density at radius 1 is 1.15 bits per heavy atom. The van der Waals surface area contributed by atoms with Gasteiger partial charge in [-0.15, -0.1) is 0 Å². The highest BCUT2D eigenvalue weighted by Crippen LogP contribution is 2.17. The number of anilines is 1. The van der Waals surface area contributed by atoms with E-state index in [0.717, 1.165) is 11.3 Å². The van der Waals surface area contributed by atoms with Crippen molar-refractivity contribution < 1.29 is 14.3 Å². The first-order chi connectivity index (χ1) is 13.0. The third kappa shape index (κ3) is 4.15. The van der Waals surface area contributed by atoms with Crippen molar-refractivity contribution in [2.24, 2.45) is 0 Å². The molecule has 1 N–H and O–H groups in total. The summed E-state index contributed by atoms with van der Waals surface area (Å²) in [7, 11) is 3.89. The van der Waals surface area contributed by atoms with E-state index in [9.17, 15) is 9.59 Å². The number of imidazole rings is 1. The fourth-order valence-electron chi connectivity index (χ4n) is 2.77. The van der Waals surface area contributed by atoms with Crippen molar-refractivity contribution in [1.82, 2.24) is 14.3 Å². The number of pyridine rings is 1. The van der Waals surface area contributed by atoms with E-state index in [1.54, 1.807) is 31.2 Å². The number of hydrogen-bond acceptors (Lipinski definition) is 5. The number of aromatic nitrogens is 2. The molecule has 0 fully saturated rings. The Bertz CT molecular complexity index is 961. The molecule has 27 heavy (non-hydrogen) atoms. The van der Waals surface area contributed by atoms with E-state index in [0.29, 0.717) is 30.1 Å². The number of ether oxygens (including phenoxy) is 1. The van der Waals surface area contributed by atoms with Crippen LogP contribution in [0, 0.1) is 0 Å². The second-order valence-corrected chi connectivity index (χ2v) is 6.33. The van der Waals surface area contributed by atoms with E-state index in [1.165, 1.54) is 0 Å². The van der Waals surface area contributed by atoms with Crippen LogP contribution in [0.1, 0.15) is 33.5 Å². The molecule has 0 bridgehead atoms. The molecule has 140 valence electrons. The number of esters is 1. The maximum Gasteiger partial charge on any atom is 0.338 e. The van der Waals surface area contributed by atoms with Crippen molar-refractivity contribution in [2.75, 3.05) is 26.0 Å². The van der Waals surface area contributed by atoms with Crippen LogP contribution in [0.25, 0.3) is 5.65 Å². The van der Waals surface area contributed by atoms with Crippen molar-refractivity contribution in [3.8, 4) is 0 Å². The highest BCUT2D eigenvalue weighted by molar-refractivity contribution is 6.04. The van der Waals surface area contributed by atoms with Crippen molar-refractivity contribution >= 4 is 23.2 Å². The second kappa shape index (κ2) is 8.01. The minimum atomic E-state index is -0.385. The molecule has 0 aliphatic carbocycles. The lowest BCUT2D eigenvalue weighted by molar-refractivity contribution is 0.0526.